The summed E-state index contributed by atoms with van der Waals surface area (Å²) < 4.78 is 0. The summed E-state index contributed by atoms with van der Waals surface area (Å²) in [5.41, 5.74) is 0.886. The molecule has 5 heteroatoms. The van der Waals surface area contributed by atoms with E-state index in [9.17, 15) is 9.70 Å². The summed E-state index contributed by atoms with van der Waals surface area (Å²) in [7, 11) is 0. The van der Waals surface area contributed by atoms with Crippen LogP contribution in [0.4, 0.5) is 0 Å². The lowest BCUT2D eigenvalue weighted by molar-refractivity contribution is -0.117. The lowest BCUT2D eigenvalue weighted by Gasteiger charge is -2.15. The predicted molar refractivity (Wildman–Crippen MR) is 56.1 cm³/mol. The Morgan fingerprint density at radius 1 is 1.67 bits per heavy atom. The molecular weight excluding hydrogens is 194 g/mol. The quantitative estimate of drug-likeness (QED) is 0.716. The minimum atomic E-state index is -0.186. The van der Waals surface area contributed by atoms with E-state index in [-0.39, 0.29) is 18.5 Å². The van der Waals surface area contributed by atoms with Crippen molar-refractivity contribution in [2.24, 2.45) is 5.18 Å². The first-order chi connectivity index (χ1) is 7.24. The third-order valence-electron chi connectivity index (χ3n) is 1.98. The minimum Gasteiger partial charge on any atom is -0.300 e. The molecule has 0 saturated heterocycles. The zero-order valence-electron chi connectivity index (χ0n) is 8.51. The van der Waals surface area contributed by atoms with E-state index >= 15 is 0 Å². The third kappa shape index (κ3) is 3.95. The standard InChI is InChI=1S/C10H13N3O2/c1-8(14)5-10(12-7-13-15)9-3-2-4-11-6-9/h2-4,6,10,12H,5,7H2,1H3. The van der Waals surface area contributed by atoms with Crippen molar-refractivity contribution in [1.29, 1.82) is 0 Å². The number of aromatic nitrogens is 1. The molecule has 0 fully saturated rings. The van der Waals surface area contributed by atoms with Gasteiger partial charge in [-0.1, -0.05) is 11.2 Å². The van der Waals surface area contributed by atoms with Crippen LogP contribution in [-0.2, 0) is 4.79 Å². The molecular formula is C10H13N3O2. The molecule has 0 aliphatic heterocycles. The van der Waals surface area contributed by atoms with E-state index in [1.807, 2.05) is 6.07 Å². The molecule has 5 nitrogen and oxygen atoms in total. The number of carbonyl (C=O) groups excluding carboxylic acids is 1. The zero-order chi connectivity index (χ0) is 11.1. The second-order valence-electron chi connectivity index (χ2n) is 3.24. The molecule has 0 amide bonds. The average Bonchev–Trinajstić information content (AvgIpc) is 2.25. The van der Waals surface area contributed by atoms with Crippen molar-refractivity contribution >= 4 is 5.78 Å². The maximum absolute atomic E-state index is 11.0. The summed E-state index contributed by atoms with van der Waals surface area (Å²) in [6, 6.07) is 3.46. The number of nitrogens with zero attached hydrogens (tertiary/aromatic N) is 2. The molecule has 0 bridgehead atoms. The summed E-state index contributed by atoms with van der Waals surface area (Å²) in [5.74, 6) is 0.0576. The molecule has 1 aromatic rings. The first kappa shape index (κ1) is 11.5. The molecule has 1 aromatic heterocycles. The smallest absolute Gasteiger partial charge is 0.132 e. The van der Waals surface area contributed by atoms with Crippen molar-refractivity contribution in [3.63, 3.8) is 0 Å². The van der Waals surface area contributed by atoms with E-state index < -0.39 is 0 Å². The fourth-order valence-electron chi connectivity index (χ4n) is 1.32. The maximum Gasteiger partial charge on any atom is 0.132 e. The Hall–Kier alpha value is -1.62. The van der Waals surface area contributed by atoms with Crippen LogP contribution in [0, 0.1) is 4.91 Å². The molecule has 1 atom stereocenters. The van der Waals surface area contributed by atoms with E-state index in [2.05, 4.69) is 15.5 Å². The Kier molecular flexibility index (Phi) is 4.56. The molecule has 0 saturated carbocycles. The summed E-state index contributed by atoms with van der Waals surface area (Å²) in [5, 5.41) is 5.59. The van der Waals surface area contributed by atoms with Crippen molar-refractivity contribution in [2.75, 3.05) is 6.67 Å². The number of rotatable bonds is 6. The molecule has 0 aromatic carbocycles. The molecule has 1 unspecified atom stereocenters. The molecule has 1 rings (SSSR count). The van der Waals surface area contributed by atoms with Gasteiger partial charge in [0, 0.05) is 24.9 Å². The van der Waals surface area contributed by atoms with Crippen molar-refractivity contribution in [3.8, 4) is 0 Å². The Morgan fingerprint density at radius 2 is 2.47 bits per heavy atom. The van der Waals surface area contributed by atoms with Crippen molar-refractivity contribution in [1.82, 2.24) is 10.3 Å². The summed E-state index contributed by atoms with van der Waals surface area (Å²) in [6.45, 7) is 1.51. The van der Waals surface area contributed by atoms with Gasteiger partial charge in [0.15, 0.2) is 0 Å². The molecule has 80 valence electrons. The number of nitroso groups, excluding NO2 is 1. The molecule has 1 N–H and O–H groups in total. The summed E-state index contributed by atoms with van der Waals surface area (Å²) >= 11 is 0. The predicted octanol–water partition coefficient (Wildman–Crippen LogP) is 1.42. The Morgan fingerprint density at radius 3 is 3.00 bits per heavy atom. The fourth-order valence-corrected chi connectivity index (χ4v) is 1.32. The fraction of sp³-hybridized carbons (Fsp3) is 0.400. The lowest BCUT2D eigenvalue weighted by atomic mass is 10.0. The number of carbonyl (C=O) groups is 1. The highest BCUT2D eigenvalue weighted by Gasteiger charge is 2.12. The van der Waals surface area contributed by atoms with Crippen LogP contribution in [0.5, 0.6) is 0 Å². The number of nitrogens with one attached hydrogen (secondary N) is 1. The van der Waals surface area contributed by atoms with Crippen LogP contribution >= 0.6 is 0 Å². The highest BCUT2D eigenvalue weighted by molar-refractivity contribution is 5.76. The monoisotopic (exact) mass is 207 g/mol. The SMILES string of the molecule is CC(=O)CC(NCN=O)c1cccnc1. The molecule has 0 spiro atoms. The van der Waals surface area contributed by atoms with Gasteiger partial charge in [-0.3, -0.25) is 15.1 Å². The highest BCUT2D eigenvalue weighted by Crippen LogP contribution is 2.15. The number of pyridine rings is 1. The number of ketones is 1. The molecule has 1 heterocycles. The maximum atomic E-state index is 11.0. The van der Waals surface area contributed by atoms with Crippen LogP contribution in [0.3, 0.4) is 0 Å². The summed E-state index contributed by atoms with van der Waals surface area (Å²) in [6.07, 6.45) is 3.67. The molecule has 0 aliphatic carbocycles. The second kappa shape index (κ2) is 5.98. The molecule has 15 heavy (non-hydrogen) atoms. The van der Waals surface area contributed by atoms with Crippen molar-refractivity contribution in [2.45, 2.75) is 19.4 Å². The Bertz CT molecular complexity index is 327. The van der Waals surface area contributed by atoms with Crippen molar-refractivity contribution in [3.05, 3.63) is 35.0 Å². The first-order valence-electron chi connectivity index (χ1n) is 4.66. The summed E-state index contributed by atoms with van der Waals surface area (Å²) in [4.78, 5) is 25.0. The number of hydrogen-bond acceptors (Lipinski definition) is 5. The molecule has 0 aliphatic rings. The normalized spacial score (nSPS) is 12.1. The van der Waals surface area contributed by atoms with Gasteiger partial charge in [-0.15, -0.1) is 4.91 Å². The lowest BCUT2D eigenvalue weighted by Crippen LogP contribution is -2.23. The average molecular weight is 207 g/mol. The Labute approximate surface area is 87.9 Å². The van der Waals surface area contributed by atoms with Gasteiger partial charge in [0.05, 0.1) is 0 Å². The highest BCUT2D eigenvalue weighted by atomic mass is 16.3. The Balaban J connectivity index is 2.71. The largest absolute Gasteiger partial charge is 0.300 e. The van der Waals surface area contributed by atoms with Crippen LogP contribution in [0.25, 0.3) is 0 Å². The van der Waals surface area contributed by atoms with Crippen LogP contribution in [0.15, 0.2) is 29.7 Å². The third-order valence-corrected chi connectivity index (χ3v) is 1.98. The van der Waals surface area contributed by atoms with E-state index in [0.717, 1.165) is 5.56 Å². The van der Waals surface area contributed by atoms with E-state index in [0.29, 0.717) is 6.42 Å². The van der Waals surface area contributed by atoms with Crippen LogP contribution in [-0.4, -0.2) is 17.4 Å². The molecule has 0 radical (unpaired) electrons. The van der Waals surface area contributed by atoms with E-state index in [1.54, 1.807) is 18.5 Å². The van der Waals surface area contributed by atoms with E-state index in [4.69, 9.17) is 0 Å². The minimum absolute atomic E-state index is 0.00710. The van der Waals surface area contributed by atoms with Gasteiger partial charge < -0.3 is 0 Å². The van der Waals surface area contributed by atoms with Gasteiger partial charge in [0.25, 0.3) is 0 Å². The van der Waals surface area contributed by atoms with Crippen LogP contribution in [0.1, 0.15) is 24.9 Å². The van der Waals surface area contributed by atoms with Crippen LogP contribution < -0.4 is 5.32 Å². The topological polar surface area (TPSA) is 71.4 Å². The zero-order valence-corrected chi connectivity index (χ0v) is 8.51. The number of hydrogen-bond donors (Lipinski definition) is 1. The van der Waals surface area contributed by atoms with Gasteiger partial charge in [-0.05, 0) is 18.6 Å². The van der Waals surface area contributed by atoms with Crippen molar-refractivity contribution < 1.29 is 4.79 Å². The van der Waals surface area contributed by atoms with E-state index in [1.165, 1.54) is 6.92 Å². The van der Waals surface area contributed by atoms with Gasteiger partial charge in [0.1, 0.15) is 12.5 Å². The second-order valence-corrected chi connectivity index (χ2v) is 3.24. The van der Waals surface area contributed by atoms with Gasteiger partial charge >= 0.3 is 0 Å². The van der Waals surface area contributed by atoms with Gasteiger partial charge in [-0.2, -0.15) is 0 Å². The first-order valence-corrected chi connectivity index (χ1v) is 4.66. The van der Waals surface area contributed by atoms with Gasteiger partial charge in [0.2, 0.25) is 0 Å². The number of Topliss-reactive ketones (excluding diaryl/α,β-unsaturated/α-hetero) is 1. The van der Waals surface area contributed by atoms with Gasteiger partial charge in [-0.25, -0.2) is 0 Å². The van der Waals surface area contributed by atoms with Crippen LogP contribution in [0.2, 0.25) is 0 Å².